The Hall–Kier alpha value is -0.610. The highest BCUT2D eigenvalue weighted by Crippen LogP contribution is 2.30. The van der Waals surface area contributed by atoms with Gasteiger partial charge in [-0.1, -0.05) is 6.92 Å². The lowest BCUT2D eigenvalue weighted by molar-refractivity contribution is -0.162. The lowest BCUT2D eigenvalue weighted by atomic mass is 9.99. The van der Waals surface area contributed by atoms with Crippen LogP contribution in [-0.2, 0) is 4.74 Å². The fraction of sp³-hybridized carbons (Fsp3) is 0.455. The Bertz CT molecular complexity index is 358. The fourth-order valence-corrected chi connectivity index (χ4v) is 1.81. The minimum absolute atomic E-state index is 0.211. The predicted molar refractivity (Wildman–Crippen MR) is 58.6 cm³/mol. The van der Waals surface area contributed by atoms with Gasteiger partial charge in [-0.25, -0.2) is 4.39 Å². The van der Waals surface area contributed by atoms with Gasteiger partial charge in [0.15, 0.2) is 5.60 Å². The van der Waals surface area contributed by atoms with Crippen molar-refractivity contribution in [1.82, 2.24) is 0 Å². The number of halogens is 2. The molecule has 0 N–H and O–H groups in total. The SMILES string of the molecule is CCC1(Oc2ccc(F)c(Br)c2)COC1. The van der Waals surface area contributed by atoms with Gasteiger partial charge in [0, 0.05) is 0 Å². The van der Waals surface area contributed by atoms with Crippen LogP contribution in [0.15, 0.2) is 22.7 Å². The Morgan fingerprint density at radius 3 is 2.73 bits per heavy atom. The van der Waals surface area contributed by atoms with Crippen molar-refractivity contribution in [2.75, 3.05) is 13.2 Å². The van der Waals surface area contributed by atoms with Crippen LogP contribution in [0.5, 0.6) is 5.75 Å². The molecule has 0 aliphatic carbocycles. The Morgan fingerprint density at radius 2 is 2.27 bits per heavy atom. The van der Waals surface area contributed by atoms with Crippen LogP contribution in [-0.4, -0.2) is 18.8 Å². The van der Waals surface area contributed by atoms with E-state index in [4.69, 9.17) is 9.47 Å². The molecule has 2 nitrogen and oxygen atoms in total. The third kappa shape index (κ3) is 2.16. The van der Waals surface area contributed by atoms with Crippen LogP contribution in [0.2, 0.25) is 0 Å². The van der Waals surface area contributed by atoms with Crippen LogP contribution in [0, 0.1) is 5.82 Å². The summed E-state index contributed by atoms with van der Waals surface area (Å²) in [5, 5.41) is 0. The average molecular weight is 275 g/mol. The van der Waals surface area contributed by atoms with Gasteiger partial charge < -0.3 is 9.47 Å². The molecule has 15 heavy (non-hydrogen) atoms. The third-order valence-corrected chi connectivity index (χ3v) is 3.21. The van der Waals surface area contributed by atoms with Gasteiger partial charge in [-0.15, -0.1) is 0 Å². The highest BCUT2D eigenvalue weighted by molar-refractivity contribution is 9.10. The molecule has 4 heteroatoms. The van der Waals surface area contributed by atoms with E-state index in [0.717, 1.165) is 6.42 Å². The van der Waals surface area contributed by atoms with E-state index >= 15 is 0 Å². The summed E-state index contributed by atoms with van der Waals surface area (Å²) in [5.74, 6) is 0.395. The summed E-state index contributed by atoms with van der Waals surface area (Å²) >= 11 is 3.13. The molecule has 1 heterocycles. The van der Waals surface area contributed by atoms with Crippen molar-refractivity contribution in [2.45, 2.75) is 18.9 Å². The molecular weight excluding hydrogens is 263 g/mol. The number of rotatable bonds is 3. The van der Waals surface area contributed by atoms with Crippen molar-refractivity contribution >= 4 is 15.9 Å². The predicted octanol–water partition coefficient (Wildman–Crippen LogP) is 3.15. The number of hydrogen-bond acceptors (Lipinski definition) is 2. The van der Waals surface area contributed by atoms with E-state index in [1.165, 1.54) is 6.07 Å². The maximum atomic E-state index is 13.0. The second-order valence-corrected chi connectivity index (χ2v) is 4.56. The normalized spacial score (nSPS) is 18.3. The van der Waals surface area contributed by atoms with E-state index < -0.39 is 0 Å². The van der Waals surface area contributed by atoms with Crippen LogP contribution in [0.4, 0.5) is 4.39 Å². The van der Waals surface area contributed by atoms with Crippen molar-refractivity contribution in [3.63, 3.8) is 0 Å². The average Bonchev–Trinajstić information content (AvgIpc) is 2.17. The summed E-state index contributed by atoms with van der Waals surface area (Å²) in [4.78, 5) is 0. The van der Waals surface area contributed by atoms with Gasteiger partial charge in [0.1, 0.15) is 11.6 Å². The molecule has 1 aromatic rings. The van der Waals surface area contributed by atoms with Crippen LogP contribution < -0.4 is 4.74 Å². The first-order valence-corrected chi connectivity index (χ1v) is 5.66. The van der Waals surface area contributed by atoms with Crippen LogP contribution >= 0.6 is 15.9 Å². The Morgan fingerprint density at radius 1 is 1.53 bits per heavy atom. The number of benzene rings is 1. The number of hydrogen-bond donors (Lipinski definition) is 0. The smallest absolute Gasteiger partial charge is 0.155 e. The van der Waals surface area contributed by atoms with Crippen LogP contribution in [0.1, 0.15) is 13.3 Å². The molecule has 1 aliphatic heterocycles. The molecule has 0 aromatic heterocycles. The molecule has 2 rings (SSSR count). The largest absolute Gasteiger partial charge is 0.482 e. The van der Waals surface area contributed by atoms with Gasteiger partial charge in [0.2, 0.25) is 0 Å². The topological polar surface area (TPSA) is 18.5 Å². The first kappa shape index (κ1) is 10.9. The second-order valence-electron chi connectivity index (χ2n) is 3.71. The Kier molecular flexibility index (Phi) is 2.98. The summed E-state index contributed by atoms with van der Waals surface area (Å²) in [5.41, 5.74) is -0.211. The minimum atomic E-state index is -0.280. The summed E-state index contributed by atoms with van der Waals surface area (Å²) in [6, 6.07) is 4.67. The molecule has 82 valence electrons. The third-order valence-electron chi connectivity index (χ3n) is 2.60. The molecule has 1 saturated heterocycles. The Labute approximate surface area is 96.5 Å². The van der Waals surface area contributed by atoms with Gasteiger partial charge >= 0.3 is 0 Å². The second kappa shape index (κ2) is 4.10. The van der Waals surface area contributed by atoms with E-state index in [9.17, 15) is 4.39 Å². The van der Waals surface area contributed by atoms with Gasteiger partial charge in [-0.3, -0.25) is 0 Å². The van der Waals surface area contributed by atoms with E-state index in [2.05, 4.69) is 22.9 Å². The minimum Gasteiger partial charge on any atom is -0.482 e. The quantitative estimate of drug-likeness (QED) is 0.843. The molecule has 0 amide bonds. The first-order chi connectivity index (χ1) is 7.15. The monoisotopic (exact) mass is 274 g/mol. The molecule has 0 atom stereocenters. The zero-order valence-electron chi connectivity index (χ0n) is 8.43. The standard InChI is InChI=1S/C11H12BrFO2/c1-2-11(6-14-7-11)15-8-3-4-10(13)9(12)5-8/h3-5H,2,6-7H2,1H3. The molecule has 1 fully saturated rings. The molecule has 0 spiro atoms. The van der Waals surface area contributed by atoms with Gasteiger partial charge in [0.05, 0.1) is 17.7 Å². The fourth-order valence-electron chi connectivity index (χ4n) is 1.46. The summed E-state index contributed by atoms with van der Waals surface area (Å²) in [6.45, 7) is 3.28. The van der Waals surface area contributed by atoms with Crippen molar-refractivity contribution < 1.29 is 13.9 Å². The van der Waals surface area contributed by atoms with Crippen molar-refractivity contribution in [3.05, 3.63) is 28.5 Å². The molecular formula is C11H12BrFO2. The maximum absolute atomic E-state index is 13.0. The van der Waals surface area contributed by atoms with Crippen molar-refractivity contribution in [3.8, 4) is 5.75 Å². The molecule has 0 saturated carbocycles. The summed E-state index contributed by atoms with van der Waals surface area (Å²) in [6.07, 6.45) is 0.891. The highest BCUT2D eigenvalue weighted by Gasteiger charge is 2.39. The molecule has 1 aromatic carbocycles. The first-order valence-electron chi connectivity index (χ1n) is 4.87. The zero-order chi connectivity index (χ0) is 10.9. The molecule has 0 bridgehead atoms. The number of ether oxygens (including phenoxy) is 2. The van der Waals surface area contributed by atoms with Crippen molar-refractivity contribution in [2.24, 2.45) is 0 Å². The van der Waals surface area contributed by atoms with Gasteiger partial charge in [-0.2, -0.15) is 0 Å². The van der Waals surface area contributed by atoms with Crippen LogP contribution in [0.3, 0.4) is 0 Å². The Balaban J connectivity index is 2.13. The highest BCUT2D eigenvalue weighted by atomic mass is 79.9. The summed E-state index contributed by atoms with van der Waals surface area (Å²) in [7, 11) is 0. The van der Waals surface area contributed by atoms with Gasteiger partial charge in [0.25, 0.3) is 0 Å². The van der Waals surface area contributed by atoms with E-state index in [-0.39, 0.29) is 11.4 Å². The van der Waals surface area contributed by atoms with E-state index in [1.54, 1.807) is 12.1 Å². The zero-order valence-corrected chi connectivity index (χ0v) is 10.0. The van der Waals surface area contributed by atoms with E-state index in [0.29, 0.717) is 23.4 Å². The molecule has 0 unspecified atom stereocenters. The lowest BCUT2D eigenvalue weighted by Gasteiger charge is -2.40. The van der Waals surface area contributed by atoms with E-state index in [1.807, 2.05) is 0 Å². The molecule has 1 aliphatic rings. The van der Waals surface area contributed by atoms with Crippen LogP contribution in [0.25, 0.3) is 0 Å². The summed E-state index contributed by atoms with van der Waals surface area (Å²) < 4.78 is 24.4. The maximum Gasteiger partial charge on any atom is 0.155 e. The van der Waals surface area contributed by atoms with Crippen molar-refractivity contribution in [1.29, 1.82) is 0 Å². The molecule has 0 radical (unpaired) electrons. The lowest BCUT2D eigenvalue weighted by Crippen LogP contribution is -2.53. The van der Waals surface area contributed by atoms with Gasteiger partial charge in [-0.05, 0) is 40.5 Å².